The quantitative estimate of drug-likeness (QED) is 0.464. The van der Waals surface area contributed by atoms with Crippen LogP contribution in [0.5, 0.6) is 17.2 Å². The standard InChI is InChI=1S/C27H35NO4/c1-27(2,3)23-19-22(30-4)14-15-26(23)32-28-17-16-20(24(28)10-8-18-29)12-13-21-9-6-7-11-25(21)31-5/h6-7,9,11,14-17,19,29H,8,10,12-13,18H2,1-5H3. The minimum Gasteiger partial charge on any atom is -0.497 e. The van der Waals surface area contributed by atoms with E-state index in [-0.39, 0.29) is 12.0 Å². The summed E-state index contributed by atoms with van der Waals surface area (Å²) < 4.78 is 12.8. The molecule has 0 saturated heterocycles. The zero-order valence-corrected chi connectivity index (χ0v) is 19.9. The van der Waals surface area contributed by atoms with Crippen LogP contribution in [0, 0.1) is 0 Å². The number of aliphatic hydroxyl groups is 1. The van der Waals surface area contributed by atoms with Crippen LogP contribution in [0.2, 0.25) is 0 Å². The number of hydrogen-bond acceptors (Lipinski definition) is 4. The maximum atomic E-state index is 9.44. The van der Waals surface area contributed by atoms with Crippen molar-refractivity contribution in [2.24, 2.45) is 0 Å². The highest BCUT2D eigenvalue weighted by atomic mass is 16.7. The largest absolute Gasteiger partial charge is 0.497 e. The number of ether oxygens (including phenoxy) is 2. The molecule has 0 saturated carbocycles. The van der Waals surface area contributed by atoms with Crippen molar-refractivity contribution in [2.75, 3.05) is 20.8 Å². The van der Waals surface area contributed by atoms with Crippen LogP contribution in [0.1, 0.15) is 49.6 Å². The molecule has 5 heteroatoms. The molecule has 2 aromatic carbocycles. The smallest absolute Gasteiger partial charge is 0.159 e. The van der Waals surface area contributed by atoms with Crippen LogP contribution in [0.3, 0.4) is 0 Å². The highest BCUT2D eigenvalue weighted by Crippen LogP contribution is 2.35. The number of nitrogens with zero attached hydrogens (tertiary/aromatic N) is 1. The maximum Gasteiger partial charge on any atom is 0.159 e. The Hall–Kier alpha value is -2.92. The van der Waals surface area contributed by atoms with Crippen LogP contribution in [-0.4, -0.2) is 30.7 Å². The predicted octanol–water partition coefficient (Wildman–Crippen LogP) is 5.36. The second-order valence-corrected chi connectivity index (χ2v) is 8.96. The van der Waals surface area contributed by atoms with Gasteiger partial charge in [0.05, 0.1) is 19.9 Å². The molecule has 0 aliphatic carbocycles. The molecule has 1 heterocycles. The molecule has 0 bridgehead atoms. The summed E-state index contributed by atoms with van der Waals surface area (Å²) in [5.41, 5.74) is 4.46. The van der Waals surface area contributed by atoms with Gasteiger partial charge in [-0.1, -0.05) is 39.0 Å². The molecule has 0 atom stereocenters. The third-order valence-electron chi connectivity index (χ3n) is 5.67. The summed E-state index contributed by atoms with van der Waals surface area (Å²) in [6, 6.07) is 16.2. The number of benzene rings is 2. The number of para-hydroxylation sites is 1. The average molecular weight is 438 g/mol. The van der Waals surface area contributed by atoms with Gasteiger partial charge in [0.25, 0.3) is 0 Å². The number of aromatic nitrogens is 1. The fraction of sp³-hybridized carbons (Fsp3) is 0.407. The van der Waals surface area contributed by atoms with Gasteiger partial charge in [0.2, 0.25) is 0 Å². The molecule has 3 aromatic rings. The summed E-state index contributed by atoms with van der Waals surface area (Å²) in [5, 5.41) is 9.44. The third-order valence-corrected chi connectivity index (χ3v) is 5.67. The molecular formula is C27H35NO4. The lowest BCUT2D eigenvalue weighted by Crippen LogP contribution is -2.17. The number of aliphatic hydroxyl groups excluding tert-OH is 1. The van der Waals surface area contributed by atoms with E-state index in [0.29, 0.717) is 6.42 Å². The lowest BCUT2D eigenvalue weighted by Gasteiger charge is -2.24. The molecule has 0 amide bonds. The minimum absolute atomic E-state index is 0.102. The fourth-order valence-corrected chi connectivity index (χ4v) is 3.90. The Morgan fingerprint density at radius 1 is 0.844 bits per heavy atom. The van der Waals surface area contributed by atoms with Gasteiger partial charge in [-0.05, 0) is 72.6 Å². The number of aryl methyl sites for hydroxylation is 2. The van der Waals surface area contributed by atoms with E-state index < -0.39 is 0 Å². The van der Waals surface area contributed by atoms with E-state index in [1.54, 1.807) is 14.2 Å². The maximum absolute atomic E-state index is 9.44. The summed E-state index contributed by atoms with van der Waals surface area (Å²) in [6.07, 6.45) is 5.14. The lowest BCUT2D eigenvalue weighted by atomic mass is 9.86. The van der Waals surface area contributed by atoms with E-state index in [0.717, 1.165) is 47.8 Å². The molecule has 32 heavy (non-hydrogen) atoms. The van der Waals surface area contributed by atoms with Gasteiger partial charge < -0.3 is 19.4 Å². The third kappa shape index (κ3) is 5.65. The Bertz CT molecular complexity index is 1020. The molecular weight excluding hydrogens is 402 g/mol. The summed E-state index contributed by atoms with van der Waals surface area (Å²) >= 11 is 0. The van der Waals surface area contributed by atoms with Crippen molar-refractivity contribution in [3.05, 3.63) is 77.1 Å². The van der Waals surface area contributed by atoms with E-state index in [9.17, 15) is 5.11 Å². The van der Waals surface area contributed by atoms with E-state index in [1.165, 1.54) is 11.1 Å². The molecule has 0 spiro atoms. The summed E-state index contributed by atoms with van der Waals surface area (Å²) in [4.78, 5) is 6.40. The number of hydrogen-bond donors (Lipinski definition) is 1. The van der Waals surface area contributed by atoms with Crippen LogP contribution in [0.4, 0.5) is 0 Å². The van der Waals surface area contributed by atoms with Crippen LogP contribution in [-0.2, 0) is 24.7 Å². The minimum atomic E-state index is -0.102. The first-order valence-electron chi connectivity index (χ1n) is 11.2. The molecule has 172 valence electrons. The Labute approximate surface area is 191 Å². The topological polar surface area (TPSA) is 52.9 Å². The number of rotatable bonds is 10. The molecule has 1 N–H and O–H groups in total. The zero-order valence-electron chi connectivity index (χ0n) is 19.9. The first-order valence-corrected chi connectivity index (χ1v) is 11.2. The van der Waals surface area contributed by atoms with Crippen molar-refractivity contribution in [1.82, 2.24) is 4.73 Å². The zero-order chi connectivity index (χ0) is 23.1. The van der Waals surface area contributed by atoms with Crippen molar-refractivity contribution in [1.29, 1.82) is 0 Å². The van der Waals surface area contributed by atoms with Crippen molar-refractivity contribution >= 4 is 0 Å². The first-order chi connectivity index (χ1) is 15.4. The van der Waals surface area contributed by atoms with Crippen molar-refractivity contribution < 1.29 is 19.4 Å². The molecule has 0 unspecified atom stereocenters. The Morgan fingerprint density at radius 2 is 1.59 bits per heavy atom. The van der Waals surface area contributed by atoms with Gasteiger partial charge in [0.15, 0.2) is 5.75 Å². The number of methoxy groups -OCH3 is 2. The van der Waals surface area contributed by atoms with Crippen LogP contribution in [0.25, 0.3) is 0 Å². The van der Waals surface area contributed by atoms with E-state index in [1.807, 2.05) is 47.3 Å². The van der Waals surface area contributed by atoms with E-state index in [4.69, 9.17) is 14.3 Å². The van der Waals surface area contributed by atoms with Crippen LogP contribution < -0.4 is 14.3 Å². The van der Waals surface area contributed by atoms with Gasteiger partial charge in [-0.25, -0.2) is 0 Å². The average Bonchev–Trinajstić information content (AvgIpc) is 3.17. The van der Waals surface area contributed by atoms with Gasteiger partial charge in [-0.2, -0.15) is 4.73 Å². The highest BCUT2D eigenvalue weighted by molar-refractivity contribution is 5.44. The van der Waals surface area contributed by atoms with Gasteiger partial charge in [-0.15, -0.1) is 0 Å². The van der Waals surface area contributed by atoms with Crippen molar-refractivity contribution in [3.63, 3.8) is 0 Å². The molecule has 5 nitrogen and oxygen atoms in total. The molecule has 0 fully saturated rings. The Balaban J connectivity index is 1.89. The molecule has 3 rings (SSSR count). The second-order valence-electron chi connectivity index (χ2n) is 8.96. The summed E-state index contributed by atoms with van der Waals surface area (Å²) in [5.74, 6) is 2.52. The van der Waals surface area contributed by atoms with E-state index in [2.05, 4.69) is 32.9 Å². The van der Waals surface area contributed by atoms with Gasteiger partial charge >= 0.3 is 0 Å². The molecule has 0 radical (unpaired) electrons. The Morgan fingerprint density at radius 3 is 2.28 bits per heavy atom. The molecule has 0 aliphatic rings. The highest BCUT2D eigenvalue weighted by Gasteiger charge is 2.22. The van der Waals surface area contributed by atoms with Gasteiger partial charge in [0.1, 0.15) is 11.5 Å². The SMILES string of the molecule is COc1ccc(On2ccc(CCc3ccccc3OC)c2CCCO)c(C(C)(C)C)c1. The lowest BCUT2D eigenvalue weighted by molar-refractivity contribution is 0.198. The predicted molar refractivity (Wildman–Crippen MR) is 128 cm³/mol. The first kappa shape index (κ1) is 23.7. The van der Waals surface area contributed by atoms with Crippen molar-refractivity contribution in [2.45, 2.75) is 51.9 Å². The summed E-state index contributed by atoms with van der Waals surface area (Å²) in [7, 11) is 3.38. The van der Waals surface area contributed by atoms with E-state index >= 15 is 0 Å². The Kier molecular flexibility index (Phi) is 7.86. The van der Waals surface area contributed by atoms with Crippen molar-refractivity contribution in [3.8, 4) is 17.2 Å². The molecule has 0 aliphatic heterocycles. The normalized spacial score (nSPS) is 11.4. The summed E-state index contributed by atoms with van der Waals surface area (Å²) in [6.45, 7) is 6.63. The van der Waals surface area contributed by atoms with Crippen LogP contribution in [0.15, 0.2) is 54.7 Å². The van der Waals surface area contributed by atoms with Gasteiger partial charge in [0, 0.05) is 18.4 Å². The fourth-order valence-electron chi connectivity index (χ4n) is 3.90. The van der Waals surface area contributed by atoms with Crippen LogP contribution >= 0.6 is 0 Å². The molecule has 1 aromatic heterocycles. The monoisotopic (exact) mass is 437 g/mol. The van der Waals surface area contributed by atoms with Gasteiger partial charge in [-0.3, -0.25) is 0 Å². The second kappa shape index (κ2) is 10.6.